The first-order valence-corrected chi connectivity index (χ1v) is 6.46. The molecule has 2 rings (SSSR count). The van der Waals surface area contributed by atoms with E-state index in [1.165, 1.54) is 0 Å². The molecule has 0 atom stereocenters. The zero-order valence-electron chi connectivity index (χ0n) is 11.7. The molecule has 0 bridgehead atoms. The van der Waals surface area contributed by atoms with E-state index in [2.05, 4.69) is 6.58 Å². The summed E-state index contributed by atoms with van der Waals surface area (Å²) in [7, 11) is 1.59. The van der Waals surface area contributed by atoms with Crippen LogP contribution < -0.4 is 4.74 Å². The van der Waals surface area contributed by atoms with Gasteiger partial charge in [0.25, 0.3) is 0 Å². The molecular weight excluding hydrogens is 264 g/mol. The van der Waals surface area contributed by atoms with Gasteiger partial charge in [-0.05, 0) is 41.0 Å². The Morgan fingerprint density at radius 3 is 2.43 bits per heavy atom. The Morgan fingerprint density at radius 2 is 1.86 bits per heavy atom. The number of methoxy groups -OCH3 is 1. The van der Waals surface area contributed by atoms with Gasteiger partial charge in [0.05, 0.1) is 12.7 Å². The van der Waals surface area contributed by atoms with Gasteiger partial charge in [-0.3, -0.25) is 0 Å². The summed E-state index contributed by atoms with van der Waals surface area (Å²) in [5, 5.41) is 9.43. The highest BCUT2D eigenvalue weighted by Gasteiger charge is 2.10. The molecule has 1 N–H and O–H groups in total. The summed E-state index contributed by atoms with van der Waals surface area (Å²) in [6.45, 7) is 3.70. The summed E-state index contributed by atoms with van der Waals surface area (Å²) in [5.74, 6) is -0.232. The van der Waals surface area contributed by atoms with Crippen molar-refractivity contribution in [2.75, 3.05) is 7.11 Å². The van der Waals surface area contributed by atoms with E-state index < -0.39 is 5.97 Å². The molecule has 0 fully saturated rings. The number of hydrogen-bond donors (Lipinski definition) is 1. The third-order valence-electron chi connectivity index (χ3n) is 3.09. The monoisotopic (exact) mass is 280 g/mol. The Labute approximate surface area is 123 Å². The molecule has 0 radical (unpaired) electrons. The molecule has 0 aliphatic rings. The van der Waals surface area contributed by atoms with Crippen molar-refractivity contribution < 1.29 is 14.6 Å². The minimum absolute atomic E-state index is 0.240. The van der Waals surface area contributed by atoms with E-state index in [0.717, 1.165) is 16.9 Å². The van der Waals surface area contributed by atoms with Crippen LogP contribution in [0.5, 0.6) is 5.75 Å². The van der Waals surface area contributed by atoms with Crippen LogP contribution in [0.3, 0.4) is 0 Å². The summed E-state index contributed by atoms with van der Waals surface area (Å²) in [5.41, 5.74) is 2.58. The topological polar surface area (TPSA) is 46.5 Å². The lowest BCUT2D eigenvalue weighted by molar-refractivity contribution is -0.130. The second-order valence-corrected chi connectivity index (χ2v) is 4.47. The minimum atomic E-state index is -0.966. The highest BCUT2D eigenvalue weighted by molar-refractivity contribution is 6.20. The van der Waals surface area contributed by atoms with Gasteiger partial charge in [-0.25, -0.2) is 4.79 Å². The highest BCUT2D eigenvalue weighted by atomic mass is 16.5. The molecule has 0 aliphatic carbocycles. The molecule has 106 valence electrons. The van der Waals surface area contributed by atoms with Crippen molar-refractivity contribution in [1.29, 1.82) is 0 Å². The van der Waals surface area contributed by atoms with E-state index in [9.17, 15) is 9.90 Å². The maximum Gasteiger partial charge on any atom is 0.336 e. The zero-order valence-corrected chi connectivity index (χ0v) is 11.7. The lowest BCUT2D eigenvalue weighted by Crippen LogP contribution is -1.99. The lowest BCUT2D eigenvalue weighted by atomic mass is 10.0. The molecule has 21 heavy (non-hydrogen) atoms. The number of aliphatic carboxylic acids is 1. The summed E-state index contributed by atoms with van der Waals surface area (Å²) in [4.78, 5) is 11.5. The van der Waals surface area contributed by atoms with Crippen LogP contribution in [0.15, 0.2) is 55.1 Å². The van der Waals surface area contributed by atoms with E-state index in [1.54, 1.807) is 43.5 Å². The van der Waals surface area contributed by atoms with Crippen molar-refractivity contribution in [2.24, 2.45) is 0 Å². The fourth-order valence-corrected chi connectivity index (χ4v) is 1.97. The van der Waals surface area contributed by atoms with Crippen molar-refractivity contribution >= 4 is 23.7 Å². The minimum Gasteiger partial charge on any atom is -0.497 e. The number of benzene rings is 2. The molecule has 0 spiro atoms. The van der Waals surface area contributed by atoms with Gasteiger partial charge in [0.1, 0.15) is 5.75 Å². The standard InChI is InChI=1S/C18H16O3/c1-3-13-5-4-6-15(11-13)17(18(19)20)12-14-7-9-16(21-2)10-8-14/h3-12H,1H2,2H3,(H,19,20). The fourth-order valence-electron chi connectivity index (χ4n) is 1.97. The number of ether oxygens (including phenoxy) is 1. The highest BCUT2D eigenvalue weighted by Crippen LogP contribution is 2.21. The quantitative estimate of drug-likeness (QED) is 0.666. The Hall–Kier alpha value is -2.81. The van der Waals surface area contributed by atoms with E-state index in [-0.39, 0.29) is 5.57 Å². The van der Waals surface area contributed by atoms with Crippen LogP contribution >= 0.6 is 0 Å². The molecule has 0 saturated carbocycles. The first-order valence-electron chi connectivity index (χ1n) is 6.46. The third-order valence-corrected chi connectivity index (χ3v) is 3.09. The molecule has 0 aromatic heterocycles. The molecule has 2 aromatic carbocycles. The van der Waals surface area contributed by atoms with Crippen LogP contribution in [0.2, 0.25) is 0 Å². The van der Waals surface area contributed by atoms with Gasteiger partial charge in [0, 0.05) is 0 Å². The molecule has 3 nitrogen and oxygen atoms in total. The van der Waals surface area contributed by atoms with E-state index in [0.29, 0.717) is 5.56 Å². The molecule has 2 aromatic rings. The smallest absolute Gasteiger partial charge is 0.336 e. The van der Waals surface area contributed by atoms with Crippen molar-refractivity contribution in [3.63, 3.8) is 0 Å². The van der Waals surface area contributed by atoms with Gasteiger partial charge in [-0.2, -0.15) is 0 Å². The Morgan fingerprint density at radius 1 is 1.14 bits per heavy atom. The summed E-state index contributed by atoms with van der Waals surface area (Å²) in [6.07, 6.45) is 3.33. The van der Waals surface area contributed by atoms with Crippen molar-refractivity contribution in [1.82, 2.24) is 0 Å². The second kappa shape index (κ2) is 6.57. The average Bonchev–Trinajstić information content (AvgIpc) is 2.53. The predicted molar refractivity (Wildman–Crippen MR) is 85.0 cm³/mol. The van der Waals surface area contributed by atoms with Crippen LogP contribution in [-0.4, -0.2) is 18.2 Å². The van der Waals surface area contributed by atoms with E-state index in [1.807, 2.05) is 24.3 Å². The maximum absolute atomic E-state index is 11.5. The predicted octanol–water partition coefficient (Wildman–Crippen LogP) is 3.96. The average molecular weight is 280 g/mol. The largest absolute Gasteiger partial charge is 0.497 e. The second-order valence-electron chi connectivity index (χ2n) is 4.47. The van der Waals surface area contributed by atoms with Crippen molar-refractivity contribution in [3.05, 3.63) is 71.8 Å². The molecule has 0 heterocycles. The Bertz CT molecular complexity index is 682. The van der Waals surface area contributed by atoms with E-state index >= 15 is 0 Å². The van der Waals surface area contributed by atoms with Crippen molar-refractivity contribution in [3.8, 4) is 5.75 Å². The maximum atomic E-state index is 11.5. The number of carbonyl (C=O) groups is 1. The fraction of sp³-hybridized carbons (Fsp3) is 0.0556. The van der Waals surface area contributed by atoms with Gasteiger partial charge >= 0.3 is 5.97 Å². The first-order chi connectivity index (χ1) is 10.1. The molecule has 0 saturated heterocycles. The molecule has 0 aliphatic heterocycles. The normalized spacial score (nSPS) is 11.0. The van der Waals surface area contributed by atoms with Gasteiger partial charge in [0.2, 0.25) is 0 Å². The van der Waals surface area contributed by atoms with Crippen LogP contribution in [0.25, 0.3) is 17.7 Å². The number of carboxylic acid groups (broad SMARTS) is 1. The van der Waals surface area contributed by atoms with Crippen LogP contribution in [0.4, 0.5) is 0 Å². The molecule has 0 unspecified atom stereocenters. The van der Waals surface area contributed by atoms with Crippen molar-refractivity contribution in [2.45, 2.75) is 0 Å². The molecule has 0 amide bonds. The number of carboxylic acids is 1. The van der Waals surface area contributed by atoms with Gasteiger partial charge in [-0.1, -0.05) is 43.0 Å². The van der Waals surface area contributed by atoms with Gasteiger partial charge < -0.3 is 9.84 Å². The van der Waals surface area contributed by atoms with E-state index in [4.69, 9.17) is 4.74 Å². The Kier molecular flexibility index (Phi) is 4.57. The summed E-state index contributed by atoms with van der Waals surface area (Å²) in [6, 6.07) is 14.5. The third kappa shape index (κ3) is 3.60. The van der Waals surface area contributed by atoms with Gasteiger partial charge in [0.15, 0.2) is 0 Å². The summed E-state index contributed by atoms with van der Waals surface area (Å²) >= 11 is 0. The Balaban J connectivity index is 2.43. The SMILES string of the molecule is C=Cc1cccc(C(=Cc2ccc(OC)cc2)C(=O)O)c1. The van der Waals surface area contributed by atoms with Crippen LogP contribution in [-0.2, 0) is 4.79 Å². The lowest BCUT2D eigenvalue weighted by Gasteiger charge is -2.05. The first kappa shape index (κ1) is 14.6. The molecule has 3 heteroatoms. The molecular formula is C18H16O3. The zero-order chi connectivity index (χ0) is 15.2. The summed E-state index contributed by atoms with van der Waals surface area (Å²) < 4.78 is 5.09. The van der Waals surface area contributed by atoms with Gasteiger partial charge in [-0.15, -0.1) is 0 Å². The van der Waals surface area contributed by atoms with Crippen LogP contribution in [0, 0.1) is 0 Å². The number of hydrogen-bond acceptors (Lipinski definition) is 2. The van der Waals surface area contributed by atoms with Crippen LogP contribution in [0.1, 0.15) is 16.7 Å². The number of rotatable bonds is 5.